The Hall–Kier alpha value is -2.84. The van der Waals surface area contributed by atoms with Crippen molar-refractivity contribution in [1.29, 1.82) is 0 Å². The van der Waals surface area contributed by atoms with Gasteiger partial charge in [-0.15, -0.1) is 0 Å². The van der Waals surface area contributed by atoms with E-state index in [0.29, 0.717) is 23.9 Å². The number of aliphatic hydroxyl groups excluding tert-OH is 1. The largest absolute Gasteiger partial charge is 0.756 e. The van der Waals surface area contributed by atoms with E-state index in [-0.39, 0.29) is 19.1 Å². The standard InChI is InChI=1S/C85H155N2O6P/c1-6-8-10-12-14-16-18-20-22-24-26-28-30-32-34-36-38-39-40-41-42-43-44-45-46-47-49-51-53-55-57-59-61-63-65-67-69-71-73-75-77-79-85(89)86-83(82-93-94(90,91)92-81-80-87(3,4)5)84(88)78-76-74-72-70-68-66-64-62-60-58-56-54-52-50-48-37-35-33-31-29-27-25-23-21-19-17-15-13-11-9-7-2/h8,10,14,16,20,22,26,28,32,34,38-39,41-42,44-45,47,49,83-84,88H,6-7,9,11-13,15,17-19,21,23-25,27,29-31,33,35-37,40,43,46,48,50-82H2,1-5H3,(H-,86,89,90,91)/b10-8-,16-14-,22-20-,28-26-,34-32-,39-38-,42-41-,45-44-,49-47-. The van der Waals surface area contributed by atoms with Crippen LogP contribution in [0.15, 0.2) is 109 Å². The summed E-state index contributed by atoms with van der Waals surface area (Å²) in [5, 5.41) is 14.1. The predicted molar refractivity (Wildman–Crippen MR) is 413 cm³/mol. The molecule has 94 heavy (non-hydrogen) atoms. The number of aliphatic hydroxyl groups is 1. The van der Waals surface area contributed by atoms with Crippen LogP contribution in [-0.4, -0.2) is 68.5 Å². The third-order valence-electron chi connectivity index (χ3n) is 18.0. The highest BCUT2D eigenvalue weighted by Crippen LogP contribution is 2.38. The lowest BCUT2D eigenvalue weighted by atomic mass is 10.0. The Morgan fingerprint density at radius 1 is 0.383 bits per heavy atom. The van der Waals surface area contributed by atoms with E-state index in [4.69, 9.17) is 9.05 Å². The van der Waals surface area contributed by atoms with Gasteiger partial charge in [0.15, 0.2) is 0 Å². The van der Waals surface area contributed by atoms with Gasteiger partial charge in [0.05, 0.1) is 39.9 Å². The van der Waals surface area contributed by atoms with Crippen LogP contribution < -0.4 is 10.2 Å². The molecule has 0 heterocycles. The molecular weight excluding hydrogens is 1180 g/mol. The van der Waals surface area contributed by atoms with Crippen molar-refractivity contribution in [2.45, 2.75) is 386 Å². The summed E-state index contributed by atoms with van der Waals surface area (Å²) >= 11 is 0. The molecule has 3 unspecified atom stereocenters. The van der Waals surface area contributed by atoms with Crippen LogP contribution in [0.4, 0.5) is 0 Å². The maximum absolute atomic E-state index is 13.1. The number of amides is 1. The molecule has 0 aromatic heterocycles. The topological polar surface area (TPSA) is 108 Å². The summed E-state index contributed by atoms with van der Waals surface area (Å²) < 4.78 is 23.6. The van der Waals surface area contributed by atoms with E-state index >= 15 is 0 Å². The highest BCUT2D eigenvalue weighted by atomic mass is 31.2. The molecule has 0 aromatic rings. The Morgan fingerprint density at radius 3 is 0.947 bits per heavy atom. The number of phosphoric acid groups is 1. The number of hydrogen-bond donors (Lipinski definition) is 2. The van der Waals surface area contributed by atoms with Crippen molar-refractivity contribution in [3.8, 4) is 0 Å². The summed E-state index contributed by atoms with van der Waals surface area (Å²) in [6.07, 6.45) is 109. The minimum Gasteiger partial charge on any atom is -0.756 e. The summed E-state index contributed by atoms with van der Waals surface area (Å²) in [6, 6.07) is -0.809. The lowest BCUT2D eigenvalue weighted by Crippen LogP contribution is -2.46. The molecule has 1 amide bonds. The Balaban J connectivity index is 3.99. The van der Waals surface area contributed by atoms with Gasteiger partial charge in [0.2, 0.25) is 5.91 Å². The van der Waals surface area contributed by atoms with E-state index in [0.717, 1.165) is 96.3 Å². The van der Waals surface area contributed by atoms with Crippen molar-refractivity contribution >= 4 is 13.7 Å². The van der Waals surface area contributed by atoms with Crippen molar-refractivity contribution in [2.75, 3.05) is 40.9 Å². The van der Waals surface area contributed by atoms with Gasteiger partial charge in [-0.05, 0) is 83.5 Å². The number of nitrogens with one attached hydrogen (secondary N) is 1. The first kappa shape index (κ1) is 91.2. The molecule has 0 aliphatic carbocycles. The van der Waals surface area contributed by atoms with Crippen molar-refractivity contribution in [2.24, 2.45) is 0 Å². The fraction of sp³-hybridized carbons (Fsp3) is 0.776. The van der Waals surface area contributed by atoms with E-state index < -0.39 is 20.0 Å². The van der Waals surface area contributed by atoms with E-state index in [1.807, 2.05) is 21.1 Å². The molecule has 0 aliphatic rings. The molecule has 0 aliphatic heterocycles. The minimum absolute atomic E-state index is 0.00940. The molecule has 0 spiro atoms. The zero-order chi connectivity index (χ0) is 68.3. The zero-order valence-corrected chi connectivity index (χ0v) is 63.5. The lowest BCUT2D eigenvalue weighted by Gasteiger charge is -2.30. The summed E-state index contributed by atoms with van der Waals surface area (Å²) in [6.45, 7) is 4.65. The fourth-order valence-corrected chi connectivity index (χ4v) is 12.6. The maximum Gasteiger partial charge on any atom is 0.268 e. The number of hydrogen-bond acceptors (Lipinski definition) is 6. The van der Waals surface area contributed by atoms with Gasteiger partial charge in [0.25, 0.3) is 7.82 Å². The quantitative estimate of drug-likeness (QED) is 0.0272. The van der Waals surface area contributed by atoms with Gasteiger partial charge < -0.3 is 28.8 Å². The summed E-state index contributed by atoms with van der Waals surface area (Å²) in [7, 11) is 1.31. The molecule has 0 fully saturated rings. The van der Waals surface area contributed by atoms with Crippen LogP contribution in [0, 0.1) is 0 Å². The molecule has 2 N–H and O–H groups in total. The Labute approximate surface area is 584 Å². The average molecular weight is 1330 g/mol. The van der Waals surface area contributed by atoms with Crippen molar-refractivity contribution in [1.82, 2.24) is 5.32 Å². The van der Waals surface area contributed by atoms with Gasteiger partial charge in [-0.2, -0.15) is 0 Å². The van der Waals surface area contributed by atoms with E-state index in [2.05, 4.69) is 129 Å². The molecule has 0 rings (SSSR count). The minimum atomic E-state index is -4.59. The summed E-state index contributed by atoms with van der Waals surface area (Å²) in [5.41, 5.74) is 0. The van der Waals surface area contributed by atoms with Gasteiger partial charge in [-0.1, -0.05) is 393 Å². The number of quaternary nitrogens is 1. The monoisotopic (exact) mass is 1330 g/mol. The number of nitrogens with zero attached hydrogens (tertiary/aromatic N) is 1. The van der Waals surface area contributed by atoms with Gasteiger partial charge in [-0.25, -0.2) is 0 Å². The second-order valence-corrected chi connectivity index (χ2v) is 29.8. The third-order valence-corrected chi connectivity index (χ3v) is 19.0. The number of phosphoric ester groups is 1. The smallest absolute Gasteiger partial charge is 0.268 e. The fourth-order valence-electron chi connectivity index (χ4n) is 11.9. The van der Waals surface area contributed by atoms with E-state index in [9.17, 15) is 19.4 Å². The molecule has 0 bridgehead atoms. The first-order valence-electron chi connectivity index (χ1n) is 40.2. The SMILES string of the molecule is CC/C=C\C/C=C\C/C=C\C/C=C\C/C=C\C/C=C\C/C=C\C/C=C\C/C=C\CCCCCCCCCCCCCCCC(=O)NC(COP(=O)([O-])OCC[N+](C)(C)C)C(O)CCCCCCCCCCCCCCCCCCCCCCCCCCCCCCCCC. The average Bonchev–Trinajstić information content (AvgIpc) is 1.77. The summed E-state index contributed by atoms with van der Waals surface area (Å²) in [4.78, 5) is 25.8. The van der Waals surface area contributed by atoms with Crippen LogP contribution in [0.5, 0.6) is 0 Å². The van der Waals surface area contributed by atoms with E-state index in [1.165, 1.54) is 250 Å². The van der Waals surface area contributed by atoms with Crippen LogP contribution in [0.1, 0.15) is 373 Å². The number of rotatable bonds is 74. The van der Waals surface area contributed by atoms with Crippen LogP contribution in [-0.2, 0) is 18.4 Å². The van der Waals surface area contributed by atoms with Crippen molar-refractivity contribution in [3.63, 3.8) is 0 Å². The highest BCUT2D eigenvalue weighted by molar-refractivity contribution is 7.45. The van der Waals surface area contributed by atoms with Gasteiger partial charge >= 0.3 is 0 Å². The van der Waals surface area contributed by atoms with Gasteiger partial charge in [0.1, 0.15) is 13.2 Å². The first-order valence-corrected chi connectivity index (χ1v) is 41.7. The zero-order valence-electron chi connectivity index (χ0n) is 62.6. The lowest BCUT2D eigenvalue weighted by molar-refractivity contribution is -0.870. The first-order chi connectivity index (χ1) is 46.0. The number of unbranched alkanes of at least 4 members (excludes halogenated alkanes) is 43. The van der Waals surface area contributed by atoms with Crippen LogP contribution in [0.25, 0.3) is 0 Å². The molecule has 0 aromatic carbocycles. The Morgan fingerprint density at radius 2 is 0.649 bits per heavy atom. The van der Waals surface area contributed by atoms with Gasteiger partial charge in [-0.3, -0.25) is 9.36 Å². The molecule has 0 saturated heterocycles. The third kappa shape index (κ3) is 76.5. The normalized spacial score (nSPS) is 14.1. The second-order valence-electron chi connectivity index (χ2n) is 28.4. The van der Waals surface area contributed by atoms with Gasteiger partial charge in [0, 0.05) is 6.42 Å². The van der Waals surface area contributed by atoms with E-state index in [1.54, 1.807) is 0 Å². The summed E-state index contributed by atoms with van der Waals surface area (Å²) in [5.74, 6) is -0.164. The maximum atomic E-state index is 13.1. The molecule has 0 saturated carbocycles. The molecule has 0 radical (unpaired) electrons. The number of allylic oxidation sites excluding steroid dienone is 18. The molecule has 546 valence electrons. The Bertz CT molecular complexity index is 1910. The number of carbonyl (C=O) groups excluding carboxylic acids is 1. The second kappa shape index (κ2) is 74.4. The van der Waals surface area contributed by atoms with Crippen molar-refractivity contribution < 1.29 is 32.9 Å². The molecule has 9 heteroatoms. The number of carbonyl (C=O) groups is 1. The highest BCUT2D eigenvalue weighted by Gasteiger charge is 2.24. The Kier molecular flexibility index (Phi) is 72.1. The molecule has 8 nitrogen and oxygen atoms in total. The van der Waals surface area contributed by atoms with Crippen LogP contribution >= 0.6 is 7.82 Å². The predicted octanol–water partition coefficient (Wildman–Crippen LogP) is 25.9. The number of likely N-dealkylation sites (N-methyl/N-ethyl adjacent to an activating group) is 1. The van der Waals surface area contributed by atoms with Crippen LogP contribution in [0.3, 0.4) is 0 Å². The molecule has 3 atom stereocenters. The van der Waals surface area contributed by atoms with Crippen LogP contribution in [0.2, 0.25) is 0 Å². The molecular formula is C85H155N2O6P. The van der Waals surface area contributed by atoms with Crippen molar-refractivity contribution in [3.05, 3.63) is 109 Å².